The highest BCUT2D eigenvalue weighted by Crippen LogP contribution is 2.18. The van der Waals surface area contributed by atoms with Crippen LogP contribution in [0, 0.1) is 0 Å². The molecule has 1 aromatic rings. The van der Waals surface area contributed by atoms with Gasteiger partial charge in [-0.3, -0.25) is 0 Å². The van der Waals surface area contributed by atoms with E-state index in [1.807, 2.05) is 4.57 Å². The Morgan fingerprint density at radius 3 is 3.30 bits per heavy atom. The molecule has 0 radical (unpaired) electrons. The van der Waals surface area contributed by atoms with Crippen LogP contribution in [-0.4, -0.2) is 15.6 Å². The minimum Gasteiger partial charge on any atom is -0.326 e. The summed E-state index contributed by atoms with van der Waals surface area (Å²) >= 11 is 5.80. The summed E-state index contributed by atoms with van der Waals surface area (Å²) in [6.45, 7) is 0.814. The molecule has 0 fully saturated rings. The molecule has 2 rings (SSSR count). The Kier molecular flexibility index (Phi) is 1.22. The van der Waals surface area contributed by atoms with Crippen LogP contribution in [0.5, 0.6) is 0 Å². The van der Waals surface area contributed by atoms with Crippen molar-refractivity contribution in [3.8, 4) is 0 Å². The Labute approximate surface area is 63.8 Å². The van der Waals surface area contributed by atoms with E-state index in [4.69, 9.17) is 17.3 Å². The van der Waals surface area contributed by atoms with E-state index in [2.05, 4.69) is 4.98 Å². The SMILES string of the molecule is NC1Cc2ncc(Cl)n2C1. The van der Waals surface area contributed by atoms with Gasteiger partial charge in [0.15, 0.2) is 0 Å². The largest absolute Gasteiger partial charge is 0.326 e. The van der Waals surface area contributed by atoms with E-state index in [0.717, 1.165) is 18.8 Å². The van der Waals surface area contributed by atoms with Crippen LogP contribution in [-0.2, 0) is 13.0 Å². The van der Waals surface area contributed by atoms with Crippen molar-refractivity contribution < 1.29 is 0 Å². The fourth-order valence-electron chi connectivity index (χ4n) is 1.28. The average Bonchev–Trinajstić information content (AvgIpc) is 2.35. The van der Waals surface area contributed by atoms with E-state index in [0.29, 0.717) is 5.15 Å². The van der Waals surface area contributed by atoms with E-state index in [1.165, 1.54) is 0 Å². The summed E-state index contributed by atoms with van der Waals surface area (Å²) < 4.78 is 1.95. The molecule has 54 valence electrons. The third-order valence-electron chi connectivity index (χ3n) is 1.75. The van der Waals surface area contributed by atoms with Crippen LogP contribution >= 0.6 is 11.6 Å². The Morgan fingerprint density at radius 2 is 2.60 bits per heavy atom. The van der Waals surface area contributed by atoms with E-state index < -0.39 is 0 Å². The van der Waals surface area contributed by atoms with Crippen LogP contribution in [0.4, 0.5) is 0 Å². The van der Waals surface area contributed by atoms with Crippen LogP contribution in [0.15, 0.2) is 6.20 Å². The first-order valence-electron chi connectivity index (χ1n) is 3.23. The summed E-state index contributed by atoms with van der Waals surface area (Å²) in [4.78, 5) is 4.10. The summed E-state index contributed by atoms with van der Waals surface area (Å²) in [6, 6.07) is 0.209. The Morgan fingerprint density at radius 1 is 1.80 bits per heavy atom. The molecule has 1 aliphatic heterocycles. The van der Waals surface area contributed by atoms with Gasteiger partial charge in [-0.1, -0.05) is 11.6 Å². The quantitative estimate of drug-likeness (QED) is 0.593. The van der Waals surface area contributed by atoms with Crippen molar-refractivity contribution in [3.63, 3.8) is 0 Å². The number of hydrogen-bond acceptors (Lipinski definition) is 2. The van der Waals surface area contributed by atoms with Crippen LogP contribution in [0.2, 0.25) is 5.15 Å². The summed E-state index contributed by atoms with van der Waals surface area (Å²) in [5.41, 5.74) is 5.68. The molecule has 10 heavy (non-hydrogen) atoms. The van der Waals surface area contributed by atoms with Crippen molar-refractivity contribution >= 4 is 11.6 Å². The number of aromatic nitrogens is 2. The molecule has 2 N–H and O–H groups in total. The third-order valence-corrected chi connectivity index (χ3v) is 2.05. The number of nitrogens with two attached hydrogens (primary N) is 1. The number of imidazole rings is 1. The monoisotopic (exact) mass is 157 g/mol. The molecule has 0 spiro atoms. The molecule has 0 aromatic carbocycles. The van der Waals surface area contributed by atoms with E-state index in [9.17, 15) is 0 Å². The Bertz CT molecular complexity index is 255. The maximum Gasteiger partial charge on any atom is 0.128 e. The third kappa shape index (κ3) is 0.744. The van der Waals surface area contributed by atoms with Crippen molar-refractivity contribution in [2.75, 3.05) is 0 Å². The van der Waals surface area contributed by atoms with Gasteiger partial charge in [0.2, 0.25) is 0 Å². The van der Waals surface area contributed by atoms with E-state index in [-0.39, 0.29) is 6.04 Å². The molecule has 1 atom stereocenters. The highest BCUT2D eigenvalue weighted by atomic mass is 35.5. The van der Waals surface area contributed by atoms with Gasteiger partial charge in [-0.25, -0.2) is 4.98 Å². The van der Waals surface area contributed by atoms with Crippen molar-refractivity contribution in [1.29, 1.82) is 0 Å². The number of fused-ring (bicyclic) bond motifs is 1. The highest BCUT2D eigenvalue weighted by Gasteiger charge is 2.20. The first-order chi connectivity index (χ1) is 4.77. The van der Waals surface area contributed by atoms with Crippen LogP contribution < -0.4 is 5.73 Å². The summed E-state index contributed by atoms with van der Waals surface area (Å²) in [5, 5.41) is 0.697. The van der Waals surface area contributed by atoms with Gasteiger partial charge in [-0.15, -0.1) is 0 Å². The van der Waals surface area contributed by atoms with Crippen molar-refractivity contribution in [1.82, 2.24) is 9.55 Å². The predicted octanol–water partition coefficient (Wildman–Crippen LogP) is 0.420. The average molecular weight is 158 g/mol. The second kappa shape index (κ2) is 1.97. The smallest absolute Gasteiger partial charge is 0.128 e. The molecule has 0 amide bonds. The predicted molar refractivity (Wildman–Crippen MR) is 38.9 cm³/mol. The van der Waals surface area contributed by atoms with Gasteiger partial charge in [-0.2, -0.15) is 0 Å². The summed E-state index contributed by atoms with van der Waals surface area (Å²) in [7, 11) is 0. The molecule has 1 unspecified atom stereocenters. The first kappa shape index (κ1) is 6.19. The fraction of sp³-hybridized carbons (Fsp3) is 0.500. The second-order valence-corrected chi connectivity index (χ2v) is 2.96. The van der Waals surface area contributed by atoms with Gasteiger partial charge in [0.05, 0.1) is 6.20 Å². The highest BCUT2D eigenvalue weighted by molar-refractivity contribution is 6.29. The maximum atomic E-state index is 5.80. The molecule has 0 saturated carbocycles. The lowest BCUT2D eigenvalue weighted by atomic mass is 10.3. The molecule has 1 aromatic heterocycles. The second-order valence-electron chi connectivity index (χ2n) is 2.57. The Hall–Kier alpha value is -0.540. The lowest BCUT2D eigenvalue weighted by Crippen LogP contribution is -2.20. The topological polar surface area (TPSA) is 43.8 Å². The zero-order valence-corrected chi connectivity index (χ0v) is 6.17. The van der Waals surface area contributed by atoms with Gasteiger partial charge in [-0.05, 0) is 0 Å². The molecule has 3 nitrogen and oxygen atoms in total. The normalized spacial score (nSPS) is 23.2. The zero-order chi connectivity index (χ0) is 7.14. The van der Waals surface area contributed by atoms with Gasteiger partial charge in [0.25, 0.3) is 0 Å². The first-order valence-corrected chi connectivity index (χ1v) is 3.60. The number of rotatable bonds is 0. The lowest BCUT2D eigenvalue weighted by Gasteiger charge is -1.98. The van der Waals surface area contributed by atoms with Crippen LogP contribution in [0.1, 0.15) is 5.82 Å². The molecular weight excluding hydrogens is 150 g/mol. The standard InChI is InChI=1S/C6H8ClN3/c7-5-2-9-6-1-4(8)3-10(5)6/h2,4H,1,3,8H2. The van der Waals surface area contributed by atoms with Gasteiger partial charge in [0, 0.05) is 19.0 Å². The zero-order valence-electron chi connectivity index (χ0n) is 5.42. The molecule has 2 heterocycles. The molecule has 4 heteroatoms. The lowest BCUT2D eigenvalue weighted by molar-refractivity contribution is 0.641. The number of nitrogens with zero attached hydrogens (tertiary/aromatic N) is 2. The van der Waals surface area contributed by atoms with Crippen molar-refractivity contribution in [2.45, 2.75) is 19.0 Å². The number of hydrogen-bond donors (Lipinski definition) is 1. The van der Waals surface area contributed by atoms with Crippen molar-refractivity contribution in [2.24, 2.45) is 5.73 Å². The van der Waals surface area contributed by atoms with Crippen molar-refractivity contribution in [3.05, 3.63) is 17.2 Å². The molecule has 0 saturated heterocycles. The molecule has 0 bridgehead atoms. The van der Waals surface area contributed by atoms with Crippen LogP contribution in [0.3, 0.4) is 0 Å². The van der Waals surface area contributed by atoms with Gasteiger partial charge < -0.3 is 10.3 Å². The number of halogens is 1. The van der Waals surface area contributed by atoms with Gasteiger partial charge >= 0.3 is 0 Å². The maximum absolute atomic E-state index is 5.80. The van der Waals surface area contributed by atoms with E-state index >= 15 is 0 Å². The fourth-order valence-corrected chi connectivity index (χ4v) is 1.49. The Balaban J connectivity index is 2.44. The van der Waals surface area contributed by atoms with Crippen LogP contribution in [0.25, 0.3) is 0 Å². The van der Waals surface area contributed by atoms with Gasteiger partial charge in [0.1, 0.15) is 11.0 Å². The molecular formula is C6H8ClN3. The minimum absolute atomic E-state index is 0.209. The minimum atomic E-state index is 0.209. The summed E-state index contributed by atoms with van der Waals surface area (Å²) in [5.74, 6) is 1.01. The summed E-state index contributed by atoms with van der Waals surface area (Å²) in [6.07, 6.45) is 2.52. The molecule has 0 aliphatic carbocycles. The molecule has 1 aliphatic rings. The van der Waals surface area contributed by atoms with E-state index in [1.54, 1.807) is 6.20 Å².